The fraction of sp³-hybridized carbons (Fsp3) is 0. The number of hydrogen-bond acceptors (Lipinski definition) is 3. The van der Waals surface area contributed by atoms with Gasteiger partial charge >= 0.3 is 0 Å². The van der Waals surface area contributed by atoms with Crippen molar-refractivity contribution >= 4 is 17.9 Å². The number of ether oxygens (including phenoxy) is 1. The Morgan fingerprint density at radius 1 is 1.31 bits per heavy atom. The van der Waals surface area contributed by atoms with E-state index in [1.165, 1.54) is 0 Å². The third-order valence-corrected chi connectivity index (χ3v) is 2.25. The lowest BCUT2D eigenvalue weighted by Crippen LogP contribution is -1.87. The molecule has 1 aromatic heterocycles. The molecular formula is C12H8ClNO2. The van der Waals surface area contributed by atoms with Crippen LogP contribution in [0.15, 0.2) is 42.7 Å². The summed E-state index contributed by atoms with van der Waals surface area (Å²) in [5.41, 5.74) is 0.517. The van der Waals surface area contributed by atoms with Gasteiger partial charge in [-0.25, -0.2) is 0 Å². The van der Waals surface area contributed by atoms with Gasteiger partial charge in [0.05, 0.1) is 11.2 Å². The molecule has 0 aliphatic carbocycles. The Kier molecular flexibility index (Phi) is 3.17. The maximum atomic E-state index is 10.5. The number of halogens is 1. The molecule has 0 aliphatic rings. The summed E-state index contributed by atoms with van der Waals surface area (Å²) in [6.07, 6.45) is 3.98. The quantitative estimate of drug-likeness (QED) is 0.764. The monoisotopic (exact) mass is 233 g/mol. The summed E-state index contributed by atoms with van der Waals surface area (Å²) < 4.78 is 5.50. The molecule has 2 aromatic rings. The summed E-state index contributed by atoms with van der Waals surface area (Å²) in [5.74, 6) is 1.10. The van der Waals surface area contributed by atoms with Gasteiger partial charge in [0.25, 0.3) is 0 Å². The van der Waals surface area contributed by atoms with Crippen molar-refractivity contribution in [3.8, 4) is 11.5 Å². The topological polar surface area (TPSA) is 39.2 Å². The van der Waals surface area contributed by atoms with Gasteiger partial charge in [0.15, 0.2) is 0 Å². The third-order valence-electron chi connectivity index (χ3n) is 1.95. The van der Waals surface area contributed by atoms with E-state index in [4.69, 9.17) is 16.3 Å². The van der Waals surface area contributed by atoms with Crippen LogP contribution >= 0.6 is 11.6 Å². The first-order valence-electron chi connectivity index (χ1n) is 4.62. The summed E-state index contributed by atoms with van der Waals surface area (Å²) in [4.78, 5) is 14.4. The van der Waals surface area contributed by atoms with Crippen molar-refractivity contribution in [2.24, 2.45) is 0 Å². The van der Waals surface area contributed by atoms with Crippen molar-refractivity contribution in [3.05, 3.63) is 53.3 Å². The van der Waals surface area contributed by atoms with E-state index < -0.39 is 0 Å². The molecule has 0 amide bonds. The fourth-order valence-electron chi connectivity index (χ4n) is 1.21. The molecule has 0 unspecified atom stereocenters. The van der Waals surface area contributed by atoms with Crippen LogP contribution in [0.3, 0.4) is 0 Å². The van der Waals surface area contributed by atoms with E-state index in [2.05, 4.69) is 4.98 Å². The molecule has 0 fully saturated rings. The second-order valence-corrected chi connectivity index (χ2v) is 3.51. The van der Waals surface area contributed by atoms with Crippen LogP contribution in [0.2, 0.25) is 5.02 Å². The highest BCUT2D eigenvalue weighted by molar-refractivity contribution is 6.32. The van der Waals surface area contributed by atoms with Gasteiger partial charge in [-0.2, -0.15) is 0 Å². The average Bonchev–Trinajstić information content (AvgIpc) is 2.33. The molecule has 0 radical (unpaired) electrons. The number of carbonyl (C=O) groups excluding carboxylic acids is 1. The van der Waals surface area contributed by atoms with Crippen LogP contribution in [0.25, 0.3) is 0 Å². The van der Waals surface area contributed by atoms with Gasteiger partial charge < -0.3 is 4.74 Å². The molecule has 0 saturated carbocycles. The molecule has 0 spiro atoms. The van der Waals surface area contributed by atoms with E-state index in [1.54, 1.807) is 42.7 Å². The Balaban J connectivity index is 2.25. The lowest BCUT2D eigenvalue weighted by atomic mass is 10.2. The largest absolute Gasteiger partial charge is 0.454 e. The molecule has 1 heterocycles. The van der Waals surface area contributed by atoms with Gasteiger partial charge in [-0.1, -0.05) is 11.6 Å². The number of benzene rings is 1. The molecule has 0 N–H and O–H groups in total. The molecule has 16 heavy (non-hydrogen) atoms. The van der Waals surface area contributed by atoms with Crippen LogP contribution in [0.1, 0.15) is 10.4 Å². The molecule has 0 saturated heterocycles. The van der Waals surface area contributed by atoms with E-state index in [0.29, 0.717) is 22.1 Å². The molecular weight excluding hydrogens is 226 g/mol. The number of pyridine rings is 1. The van der Waals surface area contributed by atoms with Crippen molar-refractivity contribution in [1.82, 2.24) is 4.98 Å². The number of hydrogen-bond donors (Lipinski definition) is 0. The van der Waals surface area contributed by atoms with Gasteiger partial charge in [0.2, 0.25) is 0 Å². The molecule has 3 nitrogen and oxygen atoms in total. The van der Waals surface area contributed by atoms with Crippen LogP contribution in [0.4, 0.5) is 0 Å². The maximum Gasteiger partial charge on any atom is 0.150 e. The highest BCUT2D eigenvalue weighted by atomic mass is 35.5. The Labute approximate surface area is 97.7 Å². The normalized spacial score (nSPS) is 9.81. The van der Waals surface area contributed by atoms with Crippen LogP contribution < -0.4 is 4.74 Å². The summed E-state index contributed by atoms with van der Waals surface area (Å²) >= 11 is 5.95. The molecule has 80 valence electrons. The van der Waals surface area contributed by atoms with Crippen LogP contribution in [-0.2, 0) is 0 Å². The lowest BCUT2D eigenvalue weighted by molar-refractivity contribution is 0.112. The van der Waals surface area contributed by atoms with Crippen LogP contribution in [0.5, 0.6) is 11.5 Å². The van der Waals surface area contributed by atoms with Crippen molar-refractivity contribution < 1.29 is 9.53 Å². The highest BCUT2D eigenvalue weighted by Gasteiger charge is 2.03. The summed E-state index contributed by atoms with van der Waals surface area (Å²) in [6, 6.07) is 8.39. The summed E-state index contributed by atoms with van der Waals surface area (Å²) in [6.45, 7) is 0. The van der Waals surface area contributed by atoms with Crippen molar-refractivity contribution in [2.45, 2.75) is 0 Å². The number of rotatable bonds is 3. The van der Waals surface area contributed by atoms with E-state index >= 15 is 0 Å². The van der Waals surface area contributed by atoms with Crippen molar-refractivity contribution in [2.75, 3.05) is 0 Å². The van der Waals surface area contributed by atoms with Gasteiger partial charge in [-0.05, 0) is 30.3 Å². The first kappa shape index (κ1) is 10.6. The Bertz CT molecular complexity index is 500. The van der Waals surface area contributed by atoms with Crippen LogP contribution in [-0.4, -0.2) is 11.3 Å². The second-order valence-electron chi connectivity index (χ2n) is 3.10. The number of carbonyl (C=O) groups is 1. The van der Waals surface area contributed by atoms with Gasteiger partial charge in [-0.15, -0.1) is 0 Å². The standard InChI is InChI=1S/C12H8ClNO2/c13-11-6-9(8-15)3-4-12(11)16-10-2-1-5-14-7-10/h1-8H. The number of nitrogens with zero attached hydrogens (tertiary/aromatic N) is 1. The van der Waals surface area contributed by atoms with Crippen LogP contribution in [0, 0.1) is 0 Å². The van der Waals surface area contributed by atoms with Gasteiger partial charge in [0, 0.05) is 11.8 Å². The maximum absolute atomic E-state index is 10.5. The second kappa shape index (κ2) is 4.77. The Hall–Kier alpha value is -1.87. The molecule has 0 bridgehead atoms. The Morgan fingerprint density at radius 2 is 2.19 bits per heavy atom. The predicted molar refractivity (Wildman–Crippen MR) is 61.2 cm³/mol. The van der Waals surface area contributed by atoms with E-state index in [-0.39, 0.29) is 0 Å². The fourth-order valence-corrected chi connectivity index (χ4v) is 1.44. The average molecular weight is 234 g/mol. The van der Waals surface area contributed by atoms with Gasteiger partial charge in [-0.3, -0.25) is 9.78 Å². The summed E-state index contributed by atoms with van der Waals surface area (Å²) in [5, 5.41) is 0.397. The zero-order chi connectivity index (χ0) is 11.4. The molecule has 4 heteroatoms. The highest BCUT2D eigenvalue weighted by Crippen LogP contribution is 2.29. The van der Waals surface area contributed by atoms with E-state index in [1.807, 2.05) is 0 Å². The molecule has 0 atom stereocenters. The zero-order valence-electron chi connectivity index (χ0n) is 8.26. The lowest BCUT2D eigenvalue weighted by Gasteiger charge is -2.06. The molecule has 0 aliphatic heterocycles. The third kappa shape index (κ3) is 2.38. The summed E-state index contributed by atoms with van der Waals surface area (Å²) in [7, 11) is 0. The van der Waals surface area contributed by atoms with Crippen molar-refractivity contribution in [3.63, 3.8) is 0 Å². The first-order valence-corrected chi connectivity index (χ1v) is 5.00. The first-order chi connectivity index (χ1) is 7.79. The van der Waals surface area contributed by atoms with Gasteiger partial charge in [0.1, 0.15) is 17.8 Å². The number of aldehydes is 1. The minimum atomic E-state index is 0.397. The molecule has 2 rings (SSSR count). The van der Waals surface area contributed by atoms with Crippen molar-refractivity contribution in [1.29, 1.82) is 0 Å². The predicted octanol–water partition coefficient (Wildman–Crippen LogP) is 3.34. The smallest absolute Gasteiger partial charge is 0.150 e. The minimum absolute atomic E-state index is 0.397. The number of aromatic nitrogens is 1. The SMILES string of the molecule is O=Cc1ccc(Oc2cccnc2)c(Cl)c1. The Morgan fingerprint density at radius 3 is 2.81 bits per heavy atom. The van der Waals surface area contributed by atoms with E-state index in [9.17, 15) is 4.79 Å². The minimum Gasteiger partial charge on any atom is -0.454 e. The zero-order valence-corrected chi connectivity index (χ0v) is 9.02. The van der Waals surface area contributed by atoms with E-state index in [0.717, 1.165) is 6.29 Å². The molecule has 1 aromatic carbocycles.